The van der Waals surface area contributed by atoms with Crippen molar-refractivity contribution in [2.45, 2.75) is 18.9 Å². The van der Waals surface area contributed by atoms with Crippen LogP contribution in [0, 0.1) is 0 Å². The van der Waals surface area contributed by atoms with E-state index in [1.807, 2.05) is 0 Å². The van der Waals surface area contributed by atoms with E-state index in [1.165, 1.54) is 10.6 Å². The molecule has 17 heavy (non-hydrogen) atoms. The van der Waals surface area contributed by atoms with E-state index in [0.717, 1.165) is 18.6 Å². The van der Waals surface area contributed by atoms with Crippen LogP contribution in [0.25, 0.3) is 0 Å². The lowest BCUT2D eigenvalue weighted by Crippen LogP contribution is -2.43. The fourth-order valence-electron chi connectivity index (χ4n) is 1.91. The Morgan fingerprint density at radius 1 is 1.41 bits per heavy atom. The fourth-order valence-corrected chi connectivity index (χ4v) is 2.81. The maximum atomic E-state index is 11.4. The summed E-state index contributed by atoms with van der Waals surface area (Å²) >= 11 is 0. The molecule has 0 aromatic carbocycles. The van der Waals surface area contributed by atoms with Crippen molar-refractivity contribution >= 4 is 10.0 Å². The number of pyridine rings is 1. The smallest absolute Gasteiger partial charge is 0.211 e. The van der Waals surface area contributed by atoms with Gasteiger partial charge in [0.15, 0.2) is 0 Å². The van der Waals surface area contributed by atoms with E-state index in [1.54, 1.807) is 24.5 Å². The Bertz CT molecular complexity index is 461. The Morgan fingerprint density at radius 2 is 2.12 bits per heavy atom. The molecule has 6 heteroatoms. The van der Waals surface area contributed by atoms with Gasteiger partial charge in [-0.1, -0.05) is 0 Å². The zero-order valence-electron chi connectivity index (χ0n) is 9.74. The zero-order valence-corrected chi connectivity index (χ0v) is 10.6. The molecule has 0 aliphatic carbocycles. The molecule has 0 amide bonds. The van der Waals surface area contributed by atoms with Gasteiger partial charge in [-0.2, -0.15) is 4.31 Å². The van der Waals surface area contributed by atoms with E-state index in [4.69, 9.17) is 4.74 Å². The molecule has 1 atom stereocenters. The van der Waals surface area contributed by atoms with Crippen molar-refractivity contribution in [3.05, 3.63) is 24.5 Å². The van der Waals surface area contributed by atoms with Crippen LogP contribution >= 0.6 is 0 Å². The highest BCUT2D eigenvalue weighted by atomic mass is 32.2. The molecule has 1 fully saturated rings. The topological polar surface area (TPSA) is 59.5 Å². The molecule has 2 rings (SSSR count). The lowest BCUT2D eigenvalue weighted by Gasteiger charge is -2.31. The van der Waals surface area contributed by atoms with E-state index in [-0.39, 0.29) is 6.10 Å². The highest BCUT2D eigenvalue weighted by molar-refractivity contribution is 7.88. The van der Waals surface area contributed by atoms with Gasteiger partial charge in [0, 0.05) is 18.9 Å². The number of nitrogens with zero attached hydrogens (tertiary/aromatic N) is 2. The number of ether oxygens (including phenoxy) is 1. The number of aromatic nitrogens is 1. The van der Waals surface area contributed by atoms with Crippen LogP contribution < -0.4 is 4.74 Å². The highest BCUT2D eigenvalue weighted by Gasteiger charge is 2.26. The van der Waals surface area contributed by atoms with Crippen LogP contribution in [-0.4, -0.2) is 43.2 Å². The van der Waals surface area contributed by atoms with Gasteiger partial charge < -0.3 is 4.74 Å². The molecule has 1 saturated heterocycles. The highest BCUT2D eigenvalue weighted by Crippen LogP contribution is 2.18. The SMILES string of the molecule is CS(=O)(=O)N1CCC[C@H](Oc2ccncc2)C1. The third-order valence-electron chi connectivity index (χ3n) is 2.76. The maximum absolute atomic E-state index is 11.4. The summed E-state index contributed by atoms with van der Waals surface area (Å²) in [7, 11) is -3.11. The second-order valence-corrected chi connectivity index (χ2v) is 6.17. The number of rotatable bonds is 3. The number of hydrogen-bond acceptors (Lipinski definition) is 4. The lowest BCUT2D eigenvalue weighted by molar-refractivity contribution is 0.130. The molecule has 0 radical (unpaired) electrons. The fraction of sp³-hybridized carbons (Fsp3) is 0.545. The van der Waals surface area contributed by atoms with Gasteiger partial charge in [0.1, 0.15) is 11.9 Å². The summed E-state index contributed by atoms with van der Waals surface area (Å²) in [4.78, 5) is 3.91. The third kappa shape index (κ3) is 3.41. The molecule has 0 saturated carbocycles. The molecule has 0 bridgehead atoms. The molecule has 2 heterocycles. The molecular weight excluding hydrogens is 240 g/mol. The second-order valence-electron chi connectivity index (χ2n) is 4.19. The largest absolute Gasteiger partial charge is 0.489 e. The van der Waals surface area contributed by atoms with E-state index in [0.29, 0.717) is 13.1 Å². The van der Waals surface area contributed by atoms with Gasteiger partial charge in [0.25, 0.3) is 0 Å². The van der Waals surface area contributed by atoms with Crippen LogP contribution in [0.4, 0.5) is 0 Å². The monoisotopic (exact) mass is 256 g/mol. The van der Waals surface area contributed by atoms with Crippen LogP contribution in [0.1, 0.15) is 12.8 Å². The first kappa shape index (κ1) is 12.3. The van der Waals surface area contributed by atoms with Crippen LogP contribution in [0.2, 0.25) is 0 Å². The first-order chi connectivity index (χ1) is 8.05. The van der Waals surface area contributed by atoms with Crippen LogP contribution in [0.5, 0.6) is 5.75 Å². The Labute approximate surface area is 101 Å². The predicted octanol–water partition coefficient (Wildman–Crippen LogP) is 0.884. The summed E-state index contributed by atoms with van der Waals surface area (Å²) < 4.78 is 30.1. The molecule has 1 aromatic heterocycles. The van der Waals surface area contributed by atoms with Gasteiger partial charge in [-0.3, -0.25) is 4.98 Å². The van der Waals surface area contributed by atoms with Gasteiger partial charge in [0.2, 0.25) is 10.0 Å². The summed E-state index contributed by atoms with van der Waals surface area (Å²) in [5, 5.41) is 0. The van der Waals surface area contributed by atoms with Crippen molar-refractivity contribution in [1.29, 1.82) is 0 Å². The minimum atomic E-state index is -3.11. The Morgan fingerprint density at radius 3 is 2.76 bits per heavy atom. The third-order valence-corrected chi connectivity index (χ3v) is 4.03. The number of hydrogen-bond donors (Lipinski definition) is 0. The summed E-state index contributed by atoms with van der Waals surface area (Å²) in [5.74, 6) is 0.736. The summed E-state index contributed by atoms with van der Waals surface area (Å²) in [6.07, 6.45) is 6.21. The van der Waals surface area contributed by atoms with Crippen LogP contribution in [-0.2, 0) is 10.0 Å². The van der Waals surface area contributed by atoms with Crippen molar-refractivity contribution in [2.75, 3.05) is 19.3 Å². The van der Waals surface area contributed by atoms with Crippen LogP contribution in [0.15, 0.2) is 24.5 Å². The zero-order chi connectivity index (χ0) is 12.3. The van der Waals surface area contributed by atoms with Gasteiger partial charge >= 0.3 is 0 Å². The van der Waals surface area contributed by atoms with E-state index < -0.39 is 10.0 Å². The lowest BCUT2D eigenvalue weighted by atomic mass is 10.1. The molecule has 94 valence electrons. The maximum Gasteiger partial charge on any atom is 0.211 e. The molecule has 0 N–H and O–H groups in total. The molecule has 1 aromatic rings. The number of sulfonamides is 1. The Kier molecular flexibility index (Phi) is 3.63. The normalized spacial score (nSPS) is 22.3. The molecule has 1 aliphatic rings. The average Bonchev–Trinajstić information content (AvgIpc) is 2.29. The molecule has 0 spiro atoms. The van der Waals surface area contributed by atoms with Crippen molar-refractivity contribution in [2.24, 2.45) is 0 Å². The van der Waals surface area contributed by atoms with Gasteiger partial charge in [-0.25, -0.2) is 8.42 Å². The van der Waals surface area contributed by atoms with E-state index in [9.17, 15) is 8.42 Å². The van der Waals surface area contributed by atoms with Gasteiger partial charge in [-0.05, 0) is 25.0 Å². The molecule has 0 unspecified atom stereocenters. The summed E-state index contributed by atoms with van der Waals surface area (Å²) in [5.41, 5.74) is 0. The van der Waals surface area contributed by atoms with Crippen molar-refractivity contribution < 1.29 is 13.2 Å². The minimum Gasteiger partial charge on any atom is -0.489 e. The van der Waals surface area contributed by atoms with Crippen molar-refractivity contribution in [3.63, 3.8) is 0 Å². The quantitative estimate of drug-likeness (QED) is 0.805. The standard InChI is InChI=1S/C11H16N2O3S/c1-17(14,15)13-8-2-3-11(9-13)16-10-4-6-12-7-5-10/h4-7,11H,2-3,8-9H2,1H3/t11-/m0/s1. The van der Waals surface area contributed by atoms with Gasteiger partial charge in [-0.15, -0.1) is 0 Å². The minimum absolute atomic E-state index is 0.0686. The average molecular weight is 256 g/mol. The van der Waals surface area contributed by atoms with Crippen LogP contribution in [0.3, 0.4) is 0 Å². The summed E-state index contributed by atoms with van der Waals surface area (Å²) in [6, 6.07) is 3.55. The van der Waals surface area contributed by atoms with E-state index >= 15 is 0 Å². The summed E-state index contributed by atoms with van der Waals surface area (Å²) in [6.45, 7) is 1.02. The first-order valence-electron chi connectivity index (χ1n) is 5.57. The Hall–Kier alpha value is -1.14. The molecule has 1 aliphatic heterocycles. The Balaban J connectivity index is 1.99. The predicted molar refractivity (Wildman–Crippen MR) is 64.3 cm³/mol. The second kappa shape index (κ2) is 5.01. The molecular formula is C11H16N2O3S. The first-order valence-corrected chi connectivity index (χ1v) is 7.42. The van der Waals surface area contributed by atoms with Gasteiger partial charge in [0.05, 0.1) is 12.8 Å². The molecule has 5 nitrogen and oxygen atoms in total. The van der Waals surface area contributed by atoms with Crippen molar-refractivity contribution in [3.8, 4) is 5.75 Å². The number of piperidine rings is 1. The van der Waals surface area contributed by atoms with Crippen molar-refractivity contribution in [1.82, 2.24) is 9.29 Å². The van der Waals surface area contributed by atoms with E-state index in [2.05, 4.69) is 4.98 Å².